The van der Waals surface area contributed by atoms with E-state index in [0.29, 0.717) is 12.4 Å². The number of allylic oxidation sites excluding steroid dienone is 1. The van der Waals surface area contributed by atoms with E-state index >= 15 is 0 Å². The van der Waals surface area contributed by atoms with E-state index in [9.17, 15) is 10.1 Å². The predicted molar refractivity (Wildman–Crippen MR) is 62.5 cm³/mol. The molecule has 4 heteroatoms. The molecule has 1 aromatic rings. The monoisotopic (exact) mass is 220 g/mol. The molecule has 0 saturated heterocycles. The zero-order chi connectivity index (χ0) is 12.1. The fourth-order valence-electron chi connectivity index (χ4n) is 1.30. The number of nitro benzene ring substituents is 1. The third-order valence-electron chi connectivity index (χ3n) is 2.22. The molecule has 1 aromatic carbocycles. The average Bonchev–Trinajstić information content (AvgIpc) is 2.28. The van der Waals surface area contributed by atoms with Crippen LogP contribution in [0, 0.1) is 16.0 Å². The summed E-state index contributed by atoms with van der Waals surface area (Å²) >= 11 is 0. The molecule has 16 heavy (non-hydrogen) atoms. The maximum atomic E-state index is 10.9. The van der Waals surface area contributed by atoms with Crippen molar-refractivity contribution in [3.05, 3.63) is 52.4 Å². The summed E-state index contributed by atoms with van der Waals surface area (Å²) in [5.41, 5.74) is 0.769. The second-order valence-corrected chi connectivity index (χ2v) is 3.26. The molecule has 0 N–H and O–H groups in total. The summed E-state index contributed by atoms with van der Waals surface area (Å²) in [6.07, 6.45) is 1.67. The third kappa shape index (κ3) is 2.59. The molecule has 0 atom stereocenters. The van der Waals surface area contributed by atoms with Crippen LogP contribution in [0.25, 0.3) is 0 Å². The van der Waals surface area contributed by atoms with Gasteiger partial charge in [-0.2, -0.15) is 0 Å². The van der Waals surface area contributed by atoms with Crippen molar-refractivity contribution in [2.45, 2.75) is 13.8 Å². The summed E-state index contributed by atoms with van der Waals surface area (Å²) in [4.78, 5) is 10.4. The standard InChI is InChI=1S/C12H14NO3/c1-4-9(3)10-6-7-12(16-5-2)11(8-10)13(14)15/h4,6-8H,1,5H2,2-3H3. The molecule has 0 amide bonds. The molecule has 0 aliphatic rings. The number of hydrogen-bond donors (Lipinski definition) is 0. The largest absolute Gasteiger partial charge is 0.487 e. The first-order chi connectivity index (χ1) is 7.60. The van der Waals surface area contributed by atoms with Gasteiger partial charge < -0.3 is 4.74 Å². The van der Waals surface area contributed by atoms with Gasteiger partial charge in [-0.05, 0) is 18.6 Å². The van der Waals surface area contributed by atoms with Crippen LogP contribution in [0.2, 0.25) is 0 Å². The fourth-order valence-corrected chi connectivity index (χ4v) is 1.30. The molecule has 1 rings (SSSR count). The molecule has 0 heterocycles. The van der Waals surface area contributed by atoms with Gasteiger partial charge in [0.1, 0.15) is 0 Å². The minimum Gasteiger partial charge on any atom is -0.487 e. The number of nitro groups is 1. The fraction of sp³-hybridized carbons (Fsp3) is 0.250. The smallest absolute Gasteiger partial charge is 0.311 e. The van der Waals surface area contributed by atoms with Crippen LogP contribution in [-0.2, 0) is 0 Å². The van der Waals surface area contributed by atoms with Gasteiger partial charge in [-0.15, -0.1) is 6.58 Å². The molecular weight excluding hydrogens is 206 g/mol. The lowest BCUT2D eigenvalue weighted by Crippen LogP contribution is -1.99. The van der Waals surface area contributed by atoms with Gasteiger partial charge in [-0.25, -0.2) is 0 Å². The van der Waals surface area contributed by atoms with Crippen molar-refractivity contribution in [2.24, 2.45) is 0 Å². The Bertz CT molecular complexity index is 401. The van der Waals surface area contributed by atoms with Gasteiger partial charge in [-0.1, -0.05) is 19.1 Å². The number of nitrogens with zero attached hydrogens (tertiary/aromatic N) is 1. The van der Waals surface area contributed by atoms with E-state index in [1.165, 1.54) is 6.07 Å². The summed E-state index contributed by atoms with van der Waals surface area (Å²) in [5.74, 6) is 1.19. The Kier molecular flexibility index (Phi) is 4.05. The van der Waals surface area contributed by atoms with Crippen LogP contribution in [0.5, 0.6) is 5.75 Å². The van der Waals surface area contributed by atoms with Crippen LogP contribution in [0.3, 0.4) is 0 Å². The number of rotatable bonds is 5. The van der Waals surface area contributed by atoms with Gasteiger partial charge in [0.25, 0.3) is 0 Å². The first kappa shape index (κ1) is 12.2. The highest BCUT2D eigenvalue weighted by atomic mass is 16.6. The van der Waals surface area contributed by atoms with Gasteiger partial charge in [-0.3, -0.25) is 10.1 Å². The number of ether oxygens (including phenoxy) is 1. The van der Waals surface area contributed by atoms with Gasteiger partial charge in [0.15, 0.2) is 5.75 Å². The topological polar surface area (TPSA) is 52.4 Å². The van der Waals surface area contributed by atoms with Crippen LogP contribution in [-0.4, -0.2) is 11.5 Å². The Balaban J connectivity index is 3.16. The maximum Gasteiger partial charge on any atom is 0.311 e. The van der Waals surface area contributed by atoms with Crippen LogP contribution >= 0.6 is 0 Å². The Labute approximate surface area is 94.7 Å². The molecule has 0 aliphatic carbocycles. The second-order valence-electron chi connectivity index (χ2n) is 3.26. The lowest BCUT2D eigenvalue weighted by Gasteiger charge is -2.08. The molecule has 0 aromatic heterocycles. The van der Waals surface area contributed by atoms with Crippen molar-refractivity contribution in [3.8, 4) is 5.75 Å². The van der Waals surface area contributed by atoms with Crippen LogP contribution < -0.4 is 4.74 Å². The van der Waals surface area contributed by atoms with Crippen molar-refractivity contribution < 1.29 is 9.66 Å². The van der Waals surface area contributed by atoms with Crippen molar-refractivity contribution >= 4 is 5.69 Å². The van der Waals surface area contributed by atoms with Crippen LogP contribution in [0.4, 0.5) is 5.69 Å². The Hall–Kier alpha value is -1.84. The molecule has 1 radical (unpaired) electrons. The second kappa shape index (κ2) is 5.30. The van der Waals surface area contributed by atoms with E-state index < -0.39 is 4.92 Å². The quantitative estimate of drug-likeness (QED) is 0.565. The van der Waals surface area contributed by atoms with Gasteiger partial charge in [0, 0.05) is 12.0 Å². The lowest BCUT2D eigenvalue weighted by atomic mass is 10.0. The normalized spacial score (nSPS) is 10.2. The van der Waals surface area contributed by atoms with E-state index in [1.807, 2.05) is 6.92 Å². The first-order valence-corrected chi connectivity index (χ1v) is 4.97. The van der Waals surface area contributed by atoms with Crippen molar-refractivity contribution in [3.63, 3.8) is 0 Å². The summed E-state index contributed by atoms with van der Waals surface area (Å²) in [6, 6.07) is 4.90. The molecule has 0 fully saturated rings. The molecular formula is C12H14NO3. The number of benzene rings is 1. The van der Waals surface area contributed by atoms with Crippen molar-refractivity contribution in [1.29, 1.82) is 0 Å². The number of hydrogen-bond acceptors (Lipinski definition) is 3. The molecule has 0 aliphatic heterocycles. The van der Waals surface area contributed by atoms with E-state index in [0.717, 1.165) is 11.5 Å². The molecule has 0 unspecified atom stereocenters. The minimum absolute atomic E-state index is 0.0134. The van der Waals surface area contributed by atoms with E-state index in [1.54, 1.807) is 25.1 Å². The van der Waals surface area contributed by atoms with Gasteiger partial charge in [0.05, 0.1) is 11.5 Å². The first-order valence-electron chi connectivity index (χ1n) is 4.97. The highest BCUT2D eigenvalue weighted by molar-refractivity contribution is 5.52. The summed E-state index contributed by atoms with van der Waals surface area (Å²) in [7, 11) is 0. The van der Waals surface area contributed by atoms with Gasteiger partial charge in [0.2, 0.25) is 0 Å². The molecule has 0 spiro atoms. The molecule has 4 nitrogen and oxygen atoms in total. The van der Waals surface area contributed by atoms with Crippen LogP contribution in [0.15, 0.2) is 30.9 Å². The van der Waals surface area contributed by atoms with Crippen LogP contribution in [0.1, 0.15) is 19.4 Å². The van der Waals surface area contributed by atoms with Gasteiger partial charge >= 0.3 is 5.69 Å². The maximum absolute atomic E-state index is 10.9. The molecule has 0 bridgehead atoms. The summed E-state index contributed by atoms with van der Waals surface area (Å²) < 4.78 is 5.19. The molecule has 0 saturated carbocycles. The summed E-state index contributed by atoms with van der Waals surface area (Å²) in [6.45, 7) is 7.68. The van der Waals surface area contributed by atoms with E-state index in [4.69, 9.17) is 4.74 Å². The lowest BCUT2D eigenvalue weighted by molar-refractivity contribution is -0.385. The average molecular weight is 220 g/mol. The Morgan fingerprint density at radius 2 is 2.31 bits per heavy atom. The highest BCUT2D eigenvalue weighted by Crippen LogP contribution is 2.30. The Morgan fingerprint density at radius 1 is 1.62 bits per heavy atom. The third-order valence-corrected chi connectivity index (χ3v) is 2.22. The van der Waals surface area contributed by atoms with Crippen molar-refractivity contribution in [2.75, 3.05) is 6.61 Å². The predicted octanol–water partition coefficient (Wildman–Crippen LogP) is 3.12. The summed E-state index contributed by atoms with van der Waals surface area (Å²) in [5, 5.41) is 10.9. The highest BCUT2D eigenvalue weighted by Gasteiger charge is 2.17. The SMILES string of the molecule is C=C[C](C)c1ccc(OCC)c([N+](=O)[O-])c1. The van der Waals surface area contributed by atoms with E-state index in [-0.39, 0.29) is 5.69 Å². The Morgan fingerprint density at radius 3 is 2.81 bits per heavy atom. The zero-order valence-corrected chi connectivity index (χ0v) is 9.40. The minimum atomic E-state index is -0.440. The zero-order valence-electron chi connectivity index (χ0n) is 9.40. The van der Waals surface area contributed by atoms with Crippen molar-refractivity contribution in [1.82, 2.24) is 0 Å². The van der Waals surface area contributed by atoms with E-state index in [2.05, 4.69) is 6.58 Å². The molecule has 85 valence electrons.